The number of hydrogen-bond acceptors (Lipinski definition) is 3. The van der Waals surface area contributed by atoms with Crippen molar-refractivity contribution in [2.24, 2.45) is 0 Å². The van der Waals surface area contributed by atoms with Crippen LogP contribution in [0.3, 0.4) is 0 Å². The van der Waals surface area contributed by atoms with E-state index in [4.69, 9.17) is 4.74 Å². The molecule has 1 N–H and O–H groups in total. The largest absolute Gasteiger partial charge is 0.466 e. The fourth-order valence-electron chi connectivity index (χ4n) is 1.46. The van der Waals surface area contributed by atoms with Gasteiger partial charge in [-0.1, -0.05) is 13.8 Å². The summed E-state index contributed by atoms with van der Waals surface area (Å²) in [5, 5.41) is 3.40. The molecule has 0 amide bonds. The minimum Gasteiger partial charge on any atom is -0.466 e. The molecular weight excluding hydrogens is 178 g/mol. The van der Waals surface area contributed by atoms with Gasteiger partial charge in [-0.3, -0.25) is 4.79 Å². The van der Waals surface area contributed by atoms with Gasteiger partial charge in [0.15, 0.2) is 0 Å². The first kappa shape index (κ1) is 13.4. The molecule has 0 bridgehead atoms. The fraction of sp³-hybridized carbons (Fsp3) is 0.909. The van der Waals surface area contributed by atoms with E-state index in [2.05, 4.69) is 19.2 Å². The molecule has 0 heterocycles. The molecule has 0 aromatic rings. The molecule has 0 aromatic carbocycles. The highest BCUT2D eigenvalue weighted by Gasteiger charge is 2.12. The van der Waals surface area contributed by atoms with Gasteiger partial charge >= 0.3 is 5.97 Å². The molecule has 0 saturated heterocycles. The lowest BCUT2D eigenvalue weighted by molar-refractivity contribution is -0.143. The molecule has 0 aliphatic heterocycles. The van der Waals surface area contributed by atoms with Gasteiger partial charge in [-0.05, 0) is 26.7 Å². The Hall–Kier alpha value is -0.570. The number of rotatable bonds is 7. The minimum absolute atomic E-state index is 0.113. The van der Waals surface area contributed by atoms with Crippen LogP contribution in [-0.2, 0) is 9.53 Å². The van der Waals surface area contributed by atoms with Crippen LogP contribution < -0.4 is 5.32 Å². The van der Waals surface area contributed by atoms with Crippen molar-refractivity contribution >= 4 is 5.97 Å². The molecule has 0 fully saturated rings. The second-order valence-corrected chi connectivity index (χ2v) is 3.59. The quantitative estimate of drug-likeness (QED) is 0.641. The maximum atomic E-state index is 11.1. The predicted octanol–water partition coefficient (Wildman–Crippen LogP) is 2.11. The third-order valence-electron chi connectivity index (χ3n) is 2.28. The summed E-state index contributed by atoms with van der Waals surface area (Å²) in [4.78, 5) is 11.1. The highest BCUT2D eigenvalue weighted by atomic mass is 16.5. The Labute approximate surface area is 87.2 Å². The van der Waals surface area contributed by atoms with E-state index in [9.17, 15) is 4.79 Å². The zero-order chi connectivity index (χ0) is 11.0. The standard InChI is InChI=1S/C11H23NO2/c1-5-10(6-2)12-9(4)8-11(13)14-7-3/h9-10,12H,5-8H2,1-4H3. The summed E-state index contributed by atoms with van der Waals surface area (Å²) in [5.41, 5.74) is 0. The Kier molecular flexibility index (Phi) is 7.48. The Morgan fingerprint density at radius 1 is 1.29 bits per heavy atom. The number of nitrogens with one attached hydrogen (secondary N) is 1. The molecule has 14 heavy (non-hydrogen) atoms. The molecule has 0 spiro atoms. The molecule has 3 heteroatoms. The van der Waals surface area contributed by atoms with Crippen LogP contribution in [0.2, 0.25) is 0 Å². The lowest BCUT2D eigenvalue weighted by Crippen LogP contribution is -2.37. The Morgan fingerprint density at radius 3 is 2.29 bits per heavy atom. The van der Waals surface area contributed by atoms with Crippen molar-refractivity contribution in [1.29, 1.82) is 0 Å². The molecule has 0 aromatic heterocycles. The van der Waals surface area contributed by atoms with Crippen LogP contribution in [0.15, 0.2) is 0 Å². The summed E-state index contributed by atoms with van der Waals surface area (Å²) >= 11 is 0. The molecule has 3 nitrogen and oxygen atoms in total. The van der Waals surface area contributed by atoms with E-state index in [0.29, 0.717) is 19.1 Å². The van der Waals surface area contributed by atoms with Gasteiger partial charge < -0.3 is 10.1 Å². The van der Waals surface area contributed by atoms with Gasteiger partial charge in [0, 0.05) is 12.1 Å². The molecular formula is C11H23NO2. The molecule has 1 atom stereocenters. The third-order valence-corrected chi connectivity index (χ3v) is 2.28. The first-order chi connectivity index (χ1) is 6.63. The molecule has 0 radical (unpaired) electrons. The summed E-state index contributed by atoms with van der Waals surface area (Å²) in [6, 6.07) is 0.721. The highest BCUT2D eigenvalue weighted by molar-refractivity contribution is 5.69. The summed E-state index contributed by atoms with van der Waals surface area (Å²) in [6.07, 6.45) is 2.66. The van der Waals surface area contributed by atoms with E-state index < -0.39 is 0 Å². The zero-order valence-corrected chi connectivity index (χ0v) is 9.80. The Morgan fingerprint density at radius 2 is 1.86 bits per heavy atom. The second kappa shape index (κ2) is 7.80. The molecule has 0 aliphatic carbocycles. The number of ether oxygens (including phenoxy) is 1. The van der Waals surface area contributed by atoms with Crippen molar-refractivity contribution in [2.45, 2.75) is 59.0 Å². The minimum atomic E-state index is -0.113. The predicted molar refractivity (Wildman–Crippen MR) is 58.2 cm³/mol. The van der Waals surface area contributed by atoms with Crippen LogP contribution in [0.5, 0.6) is 0 Å². The van der Waals surface area contributed by atoms with Gasteiger partial charge in [0.05, 0.1) is 13.0 Å². The average molecular weight is 201 g/mol. The van der Waals surface area contributed by atoms with Crippen LogP contribution in [0, 0.1) is 0 Å². The van der Waals surface area contributed by atoms with Crippen LogP contribution in [0.1, 0.15) is 47.0 Å². The maximum absolute atomic E-state index is 11.1. The highest BCUT2D eigenvalue weighted by Crippen LogP contribution is 2.01. The lowest BCUT2D eigenvalue weighted by atomic mass is 10.1. The van der Waals surface area contributed by atoms with Crippen molar-refractivity contribution < 1.29 is 9.53 Å². The topological polar surface area (TPSA) is 38.3 Å². The van der Waals surface area contributed by atoms with Crippen molar-refractivity contribution in [2.75, 3.05) is 6.61 Å². The number of hydrogen-bond donors (Lipinski definition) is 1. The van der Waals surface area contributed by atoms with Gasteiger partial charge in [0.1, 0.15) is 0 Å². The molecule has 0 saturated carbocycles. The molecule has 84 valence electrons. The summed E-state index contributed by atoms with van der Waals surface area (Å²) in [6.45, 7) is 8.62. The van der Waals surface area contributed by atoms with Crippen LogP contribution in [0.25, 0.3) is 0 Å². The summed E-state index contributed by atoms with van der Waals surface area (Å²) in [7, 11) is 0. The number of esters is 1. The second-order valence-electron chi connectivity index (χ2n) is 3.59. The molecule has 0 aliphatic rings. The lowest BCUT2D eigenvalue weighted by Gasteiger charge is -2.20. The zero-order valence-electron chi connectivity index (χ0n) is 9.80. The monoisotopic (exact) mass is 201 g/mol. The first-order valence-electron chi connectivity index (χ1n) is 5.55. The van der Waals surface area contributed by atoms with Crippen LogP contribution in [0.4, 0.5) is 0 Å². The fourth-order valence-corrected chi connectivity index (χ4v) is 1.46. The van der Waals surface area contributed by atoms with E-state index in [-0.39, 0.29) is 12.0 Å². The Balaban J connectivity index is 3.72. The van der Waals surface area contributed by atoms with Crippen LogP contribution >= 0.6 is 0 Å². The molecule has 0 rings (SSSR count). The van der Waals surface area contributed by atoms with E-state index in [1.54, 1.807) is 0 Å². The summed E-state index contributed by atoms with van der Waals surface area (Å²) in [5.74, 6) is -0.113. The average Bonchev–Trinajstić information content (AvgIpc) is 2.14. The van der Waals surface area contributed by atoms with Crippen molar-refractivity contribution in [3.63, 3.8) is 0 Å². The van der Waals surface area contributed by atoms with E-state index in [1.807, 2.05) is 13.8 Å². The van der Waals surface area contributed by atoms with Gasteiger partial charge in [0.25, 0.3) is 0 Å². The third kappa shape index (κ3) is 5.97. The van der Waals surface area contributed by atoms with Crippen molar-refractivity contribution in [1.82, 2.24) is 5.32 Å². The maximum Gasteiger partial charge on any atom is 0.307 e. The van der Waals surface area contributed by atoms with Crippen molar-refractivity contribution in [3.05, 3.63) is 0 Å². The van der Waals surface area contributed by atoms with Gasteiger partial charge in [-0.15, -0.1) is 0 Å². The van der Waals surface area contributed by atoms with Crippen molar-refractivity contribution in [3.8, 4) is 0 Å². The smallest absolute Gasteiger partial charge is 0.307 e. The Bertz CT molecular complexity index is 155. The van der Waals surface area contributed by atoms with Gasteiger partial charge in [-0.25, -0.2) is 0 Å². The SMILES string of the molecule is CCOC(=O)CC(C)NC(CC)CC. The molecule has 1 unspecified atom stereocenters. The van der Waals surface area contributed by atoms with Gasteiger partial charge in [-0.2, -0.15) is 0 Å². The number of carbonyl (C=O) groups excluding carboxylic acids is 1. The van der Waals surface area contributed by atoms with E-state index in [0.717, 1.165) is 12.8 Å². The number of carbonyl (C=O) groups is 1. The summed E-state index contributed by atoms with van der Waals surface area (Å²) < 4.78 is 4.88. The first-order valence-corrected chi connectivity index (χ1v) is 5.55. The van der Waals surface area contributed by atoms with Gasteiger partial charge in [0.2, 0.25) is 0 Å². The van der Waals surface area contributed by atoms with Crippen LogP contribution in [-0.4, -0.2) is 24.7 Å². The van der Waals surface area contributed by atoms with E-state index >= 15 is 0 Å². The van der Waals surface area contributed by atoms with E-state index in [1.165, 1.54) is 0 Å². The normalized spacial score (nSPS) is 12.9.